The molecule has 7 heteroatoms. The summed E-state index contributed by atoms with van der Waals surface area (Å²) in [4.78, 5) is 31.9. The summed E-state index contributed by atoms with van der Waals surface area (Å²) in [5.41, 5.74) is 9.74. The highest BCUT2D eigenvalue weighted by Gasteiger charge is 2.14. The van der Waals surface area contributed by atoms with Gasteiger partial charge in [-0.25, -0.2) is 9.78 Å². The van der Waals surface area contributed by atoms with Crippen molar-refractivity contribution in [3.8, 4) is 11.1 Å². The zero-order valence-electron chi connectivity index (χ0n) is 14.4. The number of anilines is 1. The molecule has 0 saturated carbocycles. The number of fused-ring (bicyclic) bond motifs is 1. The van der Waals surface area contributed by atoms with Crippen LogP contribution in [0.5, 0.6) is 0 Å². The maximum Gasteiger partial charge on any atom is 0.328 e. The molecule has 26 heavy (non-hydrogen) atoms. The molecule has 0 aliphatic heterocycles. The normalized spacial score (nSPS) is 11.2. The number of carboxylic acids is 1. The second-order valence-corrected chi connectivity index (χ2v) is 6.04. The third-order valence-corrected chi connectivity index (χ3v) is 3.99. The molecule has 0 aliphatic carbocycles. The van der Waals surface area contributed by atoms with Crippen molar-refractivity contribution >= 4 is 34.7 Å². The molecule has 0 unspecified atom stereocenters. The number of hydrogen-bond acceptors (Lipinski definition) is 4. The van der Waals surface area contributed by atoms with Crippen LogP contribution in [0.1, 0.15) is 15.9 Å². The van der Waals surface area contributed by atoms with Crippen molar-refractivity contribution in [1.82, 2.24) is 14.9 Å². The van der Waals surface area contributed by atoms with Gasteiger partial charge < -0.3 is 20.7 Å². The summed E-state index contributed by atoms with van der Waals surface area (Å²) in [7, 11) is 3.34. The molecule has 0 radical (unpaired) electrons. The van der Waals surface area contributed by atoms with Gasteiger partial charge in [0.15, 0.2) is 0 Å². The fourth-order valence-corrected chi connectivity index (χ4v) is 2.64. The molecular weight excluding hydrogens is 332 g/mol. The second kappa shape index (κ2) is 6.72. The Morgan fingerprint density at radius 3 is 2.69 bits per heavy atom. The lowest BCUT2D eigenvalue weighted by atomic mass is 10.0. The number of nitrogens with one attached hydrogen (secondary N) is 1. The Hall–Kier alpha value is -3.61. The van der Waals surface area contributed by atoms with E-state index < -0.39 is 5.97 Å². The Balaban J connectivity index is 2.08. The van der Waals surface area contributed by atoms with Gasteiger partial charge in [-0.15, -0.1) is 0 Å². The van der Waals surface area contributed by atoms with Gasteiger partial charge in [0, 0.05) is 54.8 Å². The standard InChI is InChI=1S/C19H18N4O3/c1-23(2)19(26)15-7-11(3-5-16(15)20)13-8-14-12(4-6-17(24)25)9-21-18(14)22-10-13/h3-10H,20H2,1-2H3,(H,21,22)(H,24,25)/b6-4+. The lowest BCUT2D eigenvalue weighted by Gasteiger charge is -2.13. The van der Waals surface area contributed by atoms with E-state index in [0.29, 0.717) is 16.9 Å². The predicted molar refractivity (Wildman–Crippen MR) is 101 cm³/mol. The summed E-state index contributed by atoms with van der Waals surface area (Å²) in [5, 5.41) is 9.60. The molecule has 0 atom stereocenters. The van der Waals surface area contributed by atoms with Gasteiger partial charge in [-0.1, -0.05) is 6.07 Å². The van der Waals surface area contributed by atoms with Crippen LogP contribution in [-0.4, -0.2) is 45.9 Å². The zero-order chi connectivity index (χ0) is 18.8. The fourth-order valence-electron chi connectivity index (χ4n) is 2.64. The van der Waals surface area contributed by atoms with Crippen LogP contribution in [0.25, 0.3) is 28.2 Å². The van der Waals surface area contributed by atoms with E-state index in [0.717, 1.165) is 28.2 Å². The lowest BCUT2D eigenvalue weighted by molar-refractivity contribution is -0.131. The van der Waals surface area contributed by atoms with E-state index in [9.17, 15) is 9.59 Å². The molecule has 0 bridgehead atoms. The Morgan fingerprint density at radius 1 is 1.23 bits per heavy atom. The lowest BCUT2D eigenvalue weighted by Crippen LogP contribution is -2.22. The summed E-state index contributed by atoms with van der Waals surface area (Å²) in [6, 6.07) is 7.15. The fraction of sp³-hybridized carbons (Fsp3) is 0.105. The largest absolute Gasteiger partial charge is 0.478 e. The molecule has 0 fully saturated rings. The molecule has 7 nitrogen and oxygen atoms in total. The number of carboxylic acid groups (broad SMARTS) is 1. The van der Waals surface area contributed by atoms with Gasteiger partial charge in [-0.3, -0.25) is 4.79 Å². The van der Waals surface area contributed by atoms with E-state index in [1.54, 1.807) is 38.6 Å². The first kappa shape index (κ1) is 17.2. The third kappa shape index (κ3) is 3.27. The molecule has 0 spiro atoms. The van der Waals surface area contributed by atoms with Crippen molar-refractivity contribution in [1.29, 1.82) is 0 Å². The van der Waals surface area contributed by atoms with Crippen molar-refractivity contribution in [3.63, 3.8) is 0 Å². The van der Waals surface area contributed by atoms with E-state index in [4.69, 9.17) is 10.8 Å². The van der Waals surface area contributed by atoms with Crippen LogP contribution in [0.2, 0.25) is 0 Å². The van der Waals surface area contributed by atoms with E-state index in [1.807, 2.05) is 12.1 Å². The SMILES string of the molecule is CN(C)C(=O)c1cc(-c2cnc3[nH]cc(/C=C/C(=O)O)c3c2)ccc1N. The number of carbonyl (C=O) groups excluding carboxylic acids is 1. The number of aromatic amines is 1. The quantitative estimate of drug-likeness (QED) is 0.494. The van der Waals surface area contributed by atoms with Gasteiger partial charge in [-0.05, 0) is 29.8 Å². The van der Waals surface area contributed by atoms with E-state index in [-0.39, 0.29) is 5.91 Å². The van der Waals surface area contributed by atoms with Gasteiger partial charge in [0.05, 0.1) is 5.56 Å². The predicted octanol–water partition coefficient (Wildman–Crippen LogP) is 2.61. The Labute approximate surface area is 149 Å². The van der Waals surface area contributed by atoms with Gasteiger partial charge in [0.25, 0.3) is 5.91 Å². The number of aromatic nitrogens is 2. The first-order chi connectivity index (χ1) is 12.4. The molecular formula is C19H18N4O3. The number of pyridine rings is 1. The van der Waals surface area contributed by atoms with Crippen LogP contribution < -0.4 is 5.73 Å². The smallest absolute Gasteiger partial charge is 0.328 e. The number of nitrogen functional groups attached to an aromatic ring is 1. The number of rotatable bonds is 4. The minimum absolute atomic E-state index is 0.176. The molecule has 132 valence electrons. The van der Waals surface area contributed by atoms with Crippen LogP contribution in [0.3, 0.4) is 0 Å². The maximum absolute atomic E-state index is 12.3. The minimum Gasteiger partial charge on any atom is -0.478 e. The van der Waals surface area contributed by atoms with Crippen LogP contribution in [0.4, 0.5) is 5.69 Å². The molecule has 4 N–H and O–H groups in total. The summed E-state index contributed by atoms with van der Waals surface area (Å²) < 4.78 is 0. The number of nitrogens with two attached hydrogens (primary N) is 1. The highest BCUT2D eigenvalue weighted by Crippen LogP contribution is 2.28. The van der Waals surface area contributed by atoms with E-state index >= 15 is 0 Å². The topological polar surface area (TPSA) is 112 Å². The summed E-state index contributed by atoms with van der Waals surface area (Å²) in [6.45, 7) is 0. The number of H-pyrrole nitrogens is 1. The van der Waals surface area contributed by atoms with Crippen LogP contribution in [0, 0.1) is 0 Å². The van der Waals surface area contributed by atoms with Crippen molar-refractivity contribution in [2.45, 2.75) is 0 Å². The summed E-state index contributed by atoms with van der Waals surface area (Å²) in [5.74, 6) is -1.20. The number of aliphatic carboxylic acids is 1. The number of amides is 1. The second-order valence-electron chi connectivity index (χ2n) is 6.04. The van der Waals surface area contributed by atoms with Crippen LogP contribution >= 0.6 is 0 Å². The molecule has 2 aromatic heterocycles. The summed E-state index contributed by atoms with van der Waals surface area (Å²) in [6.07, 6.45) is 5.98. The Kier molecular flexibility index (Phi) is 4.45. The van der Waals surface area contributed by atoms with Crippen LogP contribution in [-0.2, 0) is 4.79 Å². The monoisotopic (exact) mass is 350 g/mol. The van der Waals surface area contributed by atoms with Crippen LogP contribution in [0.15, 0.2) is 42.7 Å². The maximum atomic E-state index is 12.3. The van der Waals surface area contributed by atoms with Gasteiger partial charge in [-0.2, -0.15) is 0 Å². The van der Waals surface area contributed by atoms with Crippen molar-refractivity contribution in [2.24, 2.45) is 0 Å². The van der Waals surface area contributed by atoms with Gasteiger partial charge in [0.2, 0.25) is 0 Å². The average Bonchev–Trinajstić information content (AvgIpc) is 3.02. The average molecular weight is 350 g/mol. The van der Waals surface area contributed by atoms with Crippen molar-refractivity contribution < 1.29 is 14.7 Å². The summed E-state index contributed by atoms with van der Waals surface area (Å²) >= 11 is 0. The van der Waals surface area contributed by atoms with E-state index in [1.165, 1.54) is 11.0 Å². The highest BCUT2D eigenvalue weighted by atomic mass is 16.4. The minimum atomic E-state index is -1.02. The van der Waals surface area contributed by atoms with E-state index in [2.05, 4.69) is 9.97 Å². The first-order valence-electron chi connectivity index (χ1n) is 7.86. The zero-order valence-corrected chi connectivity index (χ0v) is 14.4. The number of hydrogen-bond donors (Lipinski definition) is 3. The molecule has 1 aromatic carbocycles. The number of carbonyl (C=O) groups is 2. The Bertz CT molecular complexity index is 1030. The third-order valence-electron chi connectivity index (χ3n) is 3.99. The molecule has 1 amide bonds. The number of nitrogens with zero attached hydrogens (tertiary/aromatic N) is 2. The molecule has 0 aliphatic rings. The molecule has 3 aromatic rings. The van der Waals surface area contributed by atoms with Crippen molar-refractivity contribution in [3.05, 3.63) is 53.9 Å². The number of benzene rings is 1. The molecule has 0 saturated heterocycles. The van der Waals surface area contributed by atoms with Gasteiger partial charge in [0.1, 0.15) is 5.65 Å². The van der Waals surface area contributed by atoms with Crippen molar-refractivity contribution in [2.75, 3.05) is 19.8 Å². The molecule has 3 rings (SSSR count). The highest BCUT2D eigenvalue weighted by molar-refractivity contribution is 6.00. The molecule has 2 heterocycles. The Morgan fingerprint density at radius 2 is 2.00 bits per heavy atom. The van der Waals surface area contributed by atoms with Gasteiger partial charge >= 0.3 is 5.97 Å². The first-order valence-corrected chi connectivity index (χ1v) is 7.86.